The quantitative estimate of drug-likeness (QED) is 0.838. The molecule has 0 bridgehead atoms. The molecule has 0 fully saturated rings. The van der Waals surface area contributed by atoms with E-state index in [2.05, 4.69) is 24.4 Å². The van der Waals surface area contributed by atoms with Crippen molar-refractivity contribution >= 4 is 11.7 Å². The van der Waals surface area contributed by atoms with Crippen LogP contribution in [0, 0.1) is 6.92 Å². The van der Waals surface area contributed by atoms with E-state index >= 15 is 0 Å². The standard InChI is InChI=1S/C18H21NO2/c1-13-8-11-16(18(20)21)17(12-13)19-14(2)9-10-15-6-4-3-5-7-15/h3-8,11-12,14,19H,9-10H2,1-2H3,(H,20,21). The van der Waals surface area contributed by atoms with Crippen LogP contribution < -0.4 is 5.32 Å². The lowest BCUT2D eigenvalue weighted by atomic mass is 10.0. The van der Waals surface area contributed by atoms with Crippen molar-refractivity contribution < 1.29 is 9.90 Å². The Bertz CT molecular complexity index is 608. The molecule has 0 saturated carbocycles. The van der Waals surface area contributed by atoms with Crippen molar-refractivity contribution in [3.8, 4) is 0 Å². The van der Waals surface area contributed by atoms with Gasteiger partial charge in [-0.25, -0.2) is 4.79 Å². The van der Waals surface area contributed by atoms with Gasteiger partial charge in [-0.15, -0.1) is 0 Å². The van der Waals surface area contributed by atoms with Crippen LogP contribution >= 0.6 is 0 Å². The molecule has 2 aromatic carbocycles. The minimum atomic E-state index is -0.896. The number of hydrogen-bond donors (Lipinski definition) is 2. The van der Waals surface area contributed by atoms with E-state index in [-0.39, 0.29) is 6.04 Å². The second-order valence-electron chi connectivity index (χ2n) is 5.42. The Morgan fingerprint density at radius 3 is 2.57 bits per heavy atom. The summed E-state index contributed by atoms with van der Waals surface area (Å²) in [6, 6.07) is 15.9. The van der Waals surface area contributed by atoms with Crippen LogP contribution in [0.25, 0.3) is 0 Å². The van der Waals surface area contributed by atoms with Crippen LogP contribution in [0.3, 0.4) is 0 Å². The van der Waals surface area contributed by atoms with Gasteiger partial charge in [0.05, 0.1) is 5.56 Å². The van der Waals surface area contributed by atoms with Gasteiger partial charge in [-0.3, -0.25) is 0 Å². The van der Waals surface area contributed by atoms with Gasteiger partial charge in [0.15, 0.2) is 0 Å². The van der Waals surface area contributed by atoms with Crippen LogP contribution in [0.5, 0.6) is 0 Å². The topological polar surface area (TPSA) is 49.3 Å². The summed E-state index contributed by atoms with van der Waals surface area (Å²) in [7, 11) is 0. The van der Waals surface area contributed by atoms with Gasteiger partial charge in [-0.1, -0.05) is 36.4 Å². The molecule has 2 aromatic rings. The molecule has 0 radical (unpaired) electrons. The van der Waals surface area contributed by atoms with Crippen molar-refractivity contribution in [3.05, 3.63) is 65.2 Å². The molecule has 2 rings (SSSR count). The number of aryl methyl sites for hydroxylation is 2. The van der Waals surface area contributed by atoms with Gasteiger partial charge < -0.3 is 10.4 Å². The predicted octanol–water partition coefficient (Wildman–Crippen LogP) is 4.13. The minimum Gasteiger partial charge on any atom is -0.478 e. The number of nitrogens with one attached hydrogen (secondary N) is 1. The van der Waals surface area contributed by atoms with E-state index in [1.165, 1.54) is 5.56 Å². The Kier molecular flexibility index (Phi) is 4.99. The normalized spacial score (nSPS) is 11.9. The monoisotopic (exact) mass is 283 g/mol. The Labute approximate surface area is 125 Å². The second-order valence-corrected chi connectivity index (χ2v) is 5.42. The average molecular weight is 283 g/mol. The molecule has 1 unspecified atom stereocenters. The fourth-order valence-electron chi connectivity index (χ4n) is 2.33. The van der Waals surface area contributed by atoms with Crippen LogP contribution in [0.1, 0.15) is 34.8 Å². The van der Waals surface area contributed by atoms with E-state index in [0.29, 0.717) is 11.3 Å². The minimum absolute atomic E-state index is 0.213. The number of rotatable bonds is 6. The van der Waals surface area contributed by atoms with Gasteiger partial charge in [-0.2, -0.15) is 0 Å². The summed E-state index contributed by atoms with van der Waals surface area (Å²) in [5.74, 6) is -0.896. The Balaban J connectivity index is 2.01. The highest BCUT2D eigenvalue weighted by molar-refractivity contribution is 5.94. The molecule has 0 spiro atoms. The highest BCUT2D eigenvalue weighted by Crippen LogP contribution is 2.19. The molecule has 0 aliphatic rings. The predicted molar refractivity (Wildman–Crippen MR) is 86.0 cm³/mol. The van der Waals surface area contributed by atoms with Crippen molar-refractivity contribution in [1.82, 2.24) is 0 Å². The lowest BCUT2D eigenvalue weighted by Gasteiger charge is -2.17. The second kappa shape index (κ2) is 6.93. The van der Waals surface area contributed by atoms with Crippen molar-refractivity contribution in [3.63, 3.8) is 0 Å². The van der Waals surface area contributed by atoms with Gasteiger partial charge in [0.1, 0.15) is 0 Å². The molecule has 21 heavy (non-hydrogen) atoms. The van der Waals surface area contributed by atoms with Gasteiger partial charge in [-0.05, 0) is 49.9 Å². The number of carboxylic acids is 1. The van der Waals surface area contributed by atoms with Crippen LogP contribution in [0.2, 0.25) is 0 Å². The molecule has 0 heterocycles. The molecule has 0 aliphatic heterocycles. The Morgan fingerprint density at radius 1 is 1.19 bits per heavy atom. The van der Waals surface area contributed by atoms with E-state index in [1.54, 1.807) is 6.07 Å². The maximum atomic E-state index is 11.3. The van der Waals surface area contributed by atoms with Crippen LogP contribution in [0.4, 0.5) is 5.69 Å². The molecule has 110 valence electrons. The van der Waals surface area contributed by atoms with E-state index in [4.69, 9.17) is 0 Å². The fraction of sp³-hybridized carbons (Fsp3) is 0.278. The smallest absolute Gasteiger partial charge is 0.337 e. The average Bonchev–Trinajstić information content (AvgIpc) is 2.46. The first kappa shape index (κ1) is 15.1. The van der Waals surface area contributed by atoms with E-state index in [0.717, 1.165) is 18.4 Å². The first-order valence-electron chi connectivity index (χ1n) is 7.20. The molecule has 0 saturated heterocycles. The van der Waals surface area contributed by atoms with E-state index < -0.39 is 5.97 Å². The number of benzene rings is 2. The van der Waals surface area contributed by atoms with Crippen LogP contribution in [0.15, 0.2) is 48.5 Å². The molecule has 0 aliphatic carbocycles. The third-order valence-corrected chi connectivity index (χ3v) is 3.52. The van der Waals surface area contributed by atoms with Gasteiger partial charge >= 0.3 is 5.97 Å². The van der Waals surface area contributed by atoms with Gasteiger partial charge in [0.2, 0.25) is 0 Å². The molecule has 0 amide bonds. The Hall–Kier alpha value is -2.29. The first-order valence-corrected chi connectivity index (χ1v) is 7.20. The van der Waals surface area contributed by atoms with Crippen molar-refractivity contribution in [1.29, 1.82) is 0 Å². The largest absolute Gasteiger partial charge is 0.478 e. The van der Waals surface area contributed by atoms with Crippen molar-refractivity contribution in [2.75, 3.05) is 5.32 Å². The fourth-order valence-corrected chi connectivity index (χ4v) is 2.33. The van der Waals surface area contributed by atoms with E-state index in [9.17, 15) is 9.90 Å². The summed E-state index contributed by atoms with van der Waals surface area (Å²) < 4.78 is 0. The molecular formula is C18H21NO2. The molecule has 0 aromatic heterocycles. The zero-order chi connectivity index (χ0) is 15.2. The van der Waals surface area contributed by atoms with Crippen molar-refractivity contribution in [2.24, 2.45) is 0 Å². The Morgan fingerprint density at radius 2 is 1.90 bits per heavy atom. The van der Waals surface area contributed by atoms with Crippen molar-refractivity contribution in [2.45, 2.75) is 32.7 Å². The molecule has 2 N–H and O–H groups in total. The van der Waals surface area contributed by atoms with E-state index in [1.807, 2.05) is 37.3 Å². The summed E-state index contributed by atoms with van der Waals surface area (Å²) in [4.78, 5) is 11.3. The lowest BCUT2D eigenvalue weighted by Crippen LogP contribution is -2.18. The third-order valence-electron chi connectivity index (χ3n) is 3.52. The van der Waals surface area contributed by atoms with Crippen LogP contribution in [-0.2, 0) is 6.42 Å². The summed E-state index contributed by atoms with van der Waals surface area (Å²) in [5.41, 5.74) is 3.38. The highest BCUT2D eigenvalue weighted by atomic mass is 16.4. The zero-order valence-electron chi connectivity index (χ0n) is 12.5. The summed E-state index contributed by atoms with van der Waals surface area (Å²) in [6.07, 6.45) is 1.93. The number of carboxylic acid groups (broad SMARTS) is 1. The molecular weight excluding hydrogens is 262 g/mol. The van der Waals surface area contributed by atoms with Gasteiger partial charge in [0.25, 0.3) is 0 Å². The molecule has 3 heteroatoms. The highest BCUT2D eigenvalue weighted by Gasteiger charge is 2.12. The number of carbonyl (C=O) groups is 1. The lowest BCUT2D eigenvalue weighted by molar-refractivity contribution is 0.0698. The van der Waals surface area contributed by atoms with Gasteiger partial charge in [0, 0.05) is 11.7 Å². The first-order chi connectivity index (χ1) is 10.1. The SMILES string of the molecule is Cc1ccc(C(=O)O)c(NC(C)CCc2ccccc2)c1. The molecule has 3 nitrogen and oxygen atoms in total. The maximum Gasteiger partial charge on any atom is 0.337 e. The number of anilines is 1. The van der Waals surface area contributed by atoms with Crippen LogP contribution in [-0.4, -0.2) is 17.1 Å². The summed E-state index contributed by atoms with van der Waals surface area (Å²) >= 11 is 0. The third kappa shape index (κ3) is 4.35. The zero-order valence-corrected chi connectivity index (χ0v) is 12.5. The summed E-state index contributed by atoms with van der Waals surface area (Å²) in [6.45, 7) is 4.04. The number of hydrogen-bond acceptors (Lipinski definition) is 2. The summed E-state index contributed by atoms with van der Waals surface area (Å²) in [5, 5.41) is 12.6. The maximum absolute atomic E-state index is 11.3. The number of aromatic carboxylic acids is 1. The molecule has 1 atom stereocenters.